The van der Waals surface area contributed by atoms with E-state index in [1.54, 1.807) is 0 Å². The first-order valence-corrected chi connectivity index (χ1v) is 6.27. The Balaban J connectivity index is 3.16. The van der Waals surface area contributed by atoms with Crippen LogP contribution in [0.15, 0.2) is 18.2 Å². The zero-order valence-electron chi connectivity index (χ0n) is 11.4. The molecule has 0 saturated carbocycles. The van der Waals surface area contributed by atoms with Gasteiger partial charge in [-0.25, -0.2) is 4.79 Å². The zero-order chi connectivity index (χ0) is 13.0. The maximum absolute atomic E-state index is 11.8. The number of rotatable bonds is 4. The highest BCUT2D eigenvalue weighted by Gasteiger charge is 2.12. The summed E-state index contributed by atoms with van der Waals surface area (Å²) in [6.45, 7) is 10.8. The SMILES string of the molecule is CCOC(=O)c1cc(C(C)C)cc(C(C)C)c1. The quantitative estimate of drug-likeness (QED) is 0.733. The molecule has 0 aliphatic heterocycles. The van der Waals surface area contributed by atoms with E-state index in [-0.39, 0.29) is 5.97 Å². The summed E-state index contributed by atoms with van der Waals surface area (Å²) in [5, 5.41) is 0. The van der Waals surface area contributed by atoms with Crippen molar-refractivity contribution in [3.8, 4) is 0 Å². The van der Waals surface area contributed by atoms with Crippen molar-refractivity contribution in [2.75, 3.05) is 6.61 Å². The van der Waals surface area contributed by atoms with E-state index < -0.39 is 0 Å². The van der Waals surface area contributed by atoms with E-state index in [9.17, 15) is 4.79 Å². The molecule has 2 heteroatoms. The Morgan fingerprint density at radius 3 is 1.88 bits per heavy atom. The van der Waals surface area contributed by atoms with Gasteiger partial charge in [0.25, 0.3) is 0 Å². The summed E-state index contributed by atoms with van der Waals surface area (Å²) in [5.41, 5.74) is 3.06. The van der Waals surface area contributed by atoms with Crippen LogP contribution < -0.4 is 0 Å². The molecule has 2 nitrogen and oxygen atoms in total. The third-order valence-corrected chi connectivity index (χ3v) is 2.82. The number of hydrogen-bond acceptors (Lipinski definition) is 2. The van der Waals surface area contributed by atoms with Crippen molar-refractivity contribution < 1.29 is 9.53 Å². The first kappa shape index (κ1) is 13.8. The Labute approximate surface area is 104 Å². The Hall–Kier alpha value is -1.31. The van der Waals surface area contributed by atoms with Crippen LogP contribution in [0.2, 0.25) is 0 Å². The van der Waals surface area contributed by atoms with Gasteiger partial charge in [-0.05, 0) is 42.0 Å². The van der Waals surface area contributed by atoms with Crippen molar-refractivity contribution in [2.45, 2.75) is 46.5 Å². The lowest BCUT2D eigenvalue weighted by atomic mass is 9.93. The monoisotopic (exact) mass is 234 g/mol. The summed E-state index contributed by atoms with van der Waals surface area (Å²) in [7, 11) is 0. The number of esters is 1. The lowest BCUT2D eigenvalue weighted by Gasteiger charge is -2.13. The Kier molecular flexibility index (Phi) is 4.73. The average molecular weight is 234 g/mol. The lowest BCUT2D eigenvalue weighted by Crippen LogP contribution is -2.07. The van der Waals surface area contributed by atoms with Crippen LogP contribution in [0.3, 0.4) is 0 Å². The van der Waals surface area contributed by atoms with Crippen molar-refractivity contribution in [1.82, 2.24) is 0 Å². The maximum Gasteiger partial charge on any atom is 0.338 e. The van der Waals surface area contributed by atoms with Gasteiger partial charge in [-0.15, -0.1) is 0 Å². The summed E-state index contributed by atoms with van der Waals surface area (Å²) in [5.74, 6) is 0.612. The van der Waals surface area contributed by atoms with E-state index in [1.165, 1.54) is 11.1 Å². The Morgan fingerprint density at radius 2 is 1.53 bits per heavy atom. The molecule has 0 saturated heterocycles. The molecule has 0 atom stereocenters. The second-order valence-electron chi connectivity index (χ2n) is 4.92. The first-order valence-electron chi connectivity index (χ1n) is 6.27. The molecule has 0 amide bonds. The normalized spacial score (nSPS) is 11.0. The molecule has 0 N–H and O–H groups in total. The van der Waals surface area contributed by atoms with E-state index in [1.807, 2.05) is 19.1 Å². The van der Waals surface area contributed by atoms with Crippen molar-refractivity contribution >= 4 is 5.97 Å². The van der Waals surface area contributed by atoms with E-state index in [2.05, 4.69) is 33.8 Å². The van der Waals surface area contributed by atoms with E-state index in [0.717, 1.165) is 0 Å². The second-order valence-corrected chi connectivity index (χ2v) is 4.92. The molecular weight excluding hydrogens is 212 g/mol. The smallest absolute Gasteiger partial charge is 0.338 e. The summed E-state index contributed by atoms with van der Waals surface area (Å²) >= 11 is 0. The third-order valence-electron chi connectivity index (χ3n) is 2.82. The molecule has 0 bridgehead atoms. The van der Waals surface area contributed by atoms with Crippen LogP contribution in [0.25, 0.3) is 0 Å². The Bertz CT molecular complexity index is 366. The molecule has 0 unspecified atom stereocenters. The van der Waals surface area contributed by atoms with E-state index >= 15 is 0 Å². The average Bonchev–Trinajstić information content (AvgIpc) is 2.28. The minimum absolute atomic E-state index is 0.225. The van der Waals surface area contributed by atoms with Crippen molar-refractivity contribution in [2.24, 2.45) is 0 Å². The second kappa shape index (κ2) is 5.85. The van der Waals surface area contributed by atoms with Crippen LogP contribution >= 0.6 is 0 Å². The summed E-state index contributed by atoms with van der Waals surface area (Å²) in [6.07, 6.45) is 0. The van der Waals surface area contributed by atoms with E-state index in [4.69, 9.17) is 4.74 Å². The van der Waals surface area contributed by atoms with Gasteiger partial charge in [-0.3, -0.25) is 0 Å². The fourth-order valence-corrected chi connectivity index (χ4v) is 1.68. The van der Waals surface area contributed by atoms with Crippen molar-refractivity contribution in [3.05, 3.63) is 34.9 Å². The molecule has 0 heterocycles. The molecule has 1 aromatic carbocycles. The topological polar surface area (TPSA) is 26.3 Å². The molecule has 94 valence electrons. The van der Waals surface area contributed by atoms with Gasteiger partial charge < -0.3 is 4.74 Å². The molecule has 0 aliphatic carbocycles. The molecule has 1 aromatic rings. The Morgan fingerprint density at radius 1 is 1.06 bits per heavy atom. The number of carbonyl (C=O) groups excluding carboxylic acids is 1. The molecule has 0 radical (unpaired) electrons. The van der Waals surface area contributed by atoms with Crippen LogP contribution in [0.4, 0.5) is 0 Å². The van der Waals surface area contributed by atoms with Gasteiger partial charge in [0.05, 0.1) is 12.2 Å². The van der Waals surface area contributed by atoms with Gasteiger partial charge >= 0.3 is 5.97 Å². The molecule has 0 spiro atoms. The highest BCUT2D eigenvalue weighted by molar-refractivity contribution is 5.90. The minimum atomic E-state index is -0.225. The largest absolute Gasteiger partial charge is 0.462 e. The summed E-state index contributed by atoms with van der Waals surface area (Å²) in [6, 6.07) is 6.06. The van der Waals surface area contributed by atoms with Gasteiger partial charge in [-0.2, -0.15) is 0 Å². The molecule has 0 fully saturated rings. The van der Waals surface area contributed by atoms with Gasteiger partial charge in [0, 0.05) is 0 Å². The molecule has 0 aliphatic rings. The first-order chi connectivity index (χ1) is 7.95. The number of ether oxygens (including phenoxy) is 1. The summed E-state index contributed by atoms with van der Waals surface area (Å²) < 4.78 is 5.06. The lowest BCUT2D eigenvalue weighted by molar-refractivity contribution is 0.0526. The third kappa shape index (κ3) is 3.58. The maximum atomic E-state index is 11.8. The van der Waals surface area contributed by atoms with E-state index in [0.29, 0.717) is 24.0 Å². The molecular formula is C15H22O2. The van der Waals surface area contributed by atoms with Crippen LogP contribution in [-0.4, -0.2) is 12.6 Å². The van der Waals surface area contributed by atoms with Crippen LogP contribution in [0.1, 0.15) is 67.9 Å². The predicted molar refractivity (Wildman–Crippen MR) is 70.6 cm³/mol. The number of benzene rings is 1. The molecule has 17 heavy (non-hydrogen) atoms. The fraction of sp³-hybridized carbons (Fsp3) is 0.533. The number of carbonyl (C=O) groups is 1. The molecule has 1 rings (SSSR count). The van der Waals surface area contributed by atoms with Crippen molar-refractivity contribution in [1.29, 1.82) is 0 Å². The highest BCUT2D eigenvalue weighted by atomic mass is 16.5. The zero-order valence-corrected chi connectivity index (χ0v) is 11.4. The van der Waals surface area contributed by atoms with Gasteiger partial charge in [0.1, 0.15) is 0 Å². The number of hydrogen-bond donors (Lipinski definition) is 0. The summed E-state index contributed by atoms with van der Waals surface area (Å²) in [4.78, 5) is 11.8. The van der Waals surface area contributed by atoms with Gasteiger partial charge in [0.2, 0.25) is 0 Å². The molecule has 0 aromatic heterocycles. The minimum Gasteiger partial charge on any atom is -0.462 e. The van der Waals surface area contributed by atoms with Gasteiger partial charge in [0.15, 0.2) is 0 Å². The van der Waals surface area contributed by atoms with Crippen LogP contribution in [0.5, 0.6) is 0 Å². The fourth-order valence-electron chi connectivity index (χ4n) is 1.68. The van der Waals surface area contributed by atoms with Crippen LogP contribution in [-0.2, 0) is 4.74 Å². The standard InChI is InChI=1S/C15H22O2/c1-6-17-15(16)14-8-12(10(2)3)7-13(9-14)11(4)5/h7-11H,6H2,1-5H3. The predicted octanol–water partition coefficient (Wildman–Crippen LogP) is 4.11. The highest BCUT2D eigenvalue weighted by Crippen LogP contribution is 2.23. The van der Waals surface area contributed by atoms with Crippen molar-refractivity contribution in [3.63, 3.8) is 0 Å². The van der Waals surface area contributed by atoms with Crippen LogP contribution in [0, 0.1) is 0 Å². The van der Waals surface area contributed by atoms with Gasteiger partial charge in [-0.1, -0.05) is 33.8 Å².